The molecular formula is C40H41N3O7. The molecule has 0 saturated carbocycles. The van der Waals surface area contributed by atoms with Crippen LogP contribution >= 0.6 is 0 Å². The van der Waals surface area contributed by atoms with Crippen LogP contribution < -0.4 is 24.8 Å². The van der Waals surface area contributed by atoms with E-state index in [1.165, 1.54) is 0 Å². The minimum Gasteiger partial charge on any atom is -0.494 e. The van der Waals surface area contributed by atoms with Gasteiger partial charge in [0.25, 0.3) is 0 Å². The van der Waals surface area contributed by atoms with Gasteiger partial charge in [0.1, 0.15) is 23.0 Å². The second-order valence-corrected chi connectivity index (χ2v) is 13.7. The van der Waals surface area contributed by atoms with Gasteiger partial charge >= 0.3 is 6.03 Å². The van der Waals surface area contributed by atoms with Crippen molar-refractivity contribution in [3.8, 4) is 23.0 Å². The van der Waals surface area contributed by atoms with Crippen LogP contribution in [0.2, 0.25) is 0 Å². The average molecular weight is 676 g/mol. The third-order valence-electron chi connectivity index (χ3n) is 9.51. The fraction of sp³-hybridized carbons (Fsp3) is 0.325. The lowest BCUT2D eigenvalue weighted by Gasteiger charge is -2.35. The quantitative estimate of drug-likeness (QED) is 0.209. The number of urea groups is 1. The Balaban J connectivity index is 1.20. The van der Waals surface area contributed by atoms with Crippen LogP contribution in [0.3, 0.4) is 0 Å². The molecule has 0 radical (unpaired) electrons. The lowest BCUT2D eigenvalue weighted by atomic mass is 9.78. The largest absolute Gasteiger partial charge is 0.494 e. The molecule has 0 aromatic heterocycles. The highest BCUT2D eigenvalue weighted by Crippen LogP contribution is 2.55. The summed E-state index contributed by atoms with van der Waals surface area (Å²) in [5, 5.41) is 5.99. The van der Waals surface area contributed by atoms with E-state index in [0.717, 1.165) is 22.4 Å². The third kappa shape index (κ3) is 5.83. The summed E-state index contributed by atoms with van der Waals surface area (Å²) in [5.74, 6) is 1.58. The van der Waals surface area contributed by atoms with Crippen molar-refractivity contribution in [1.82, 2.24) is 4.90 Å². The Labute approximate surface area is 291 Å². The minimum atomic E-state index is -1.51. The number of carbonyl (C=O) groups is 3. The molecule has 10 nitrogen and oxygen atoms in total. The number of amides is 3. The number of morpholine rings is 1. The van der Waals surface area contributed by atoms with Crippen molar-refractivity contribution in [2.45, 2.75) is 52.1 Å². The maximum Gasteiger partial charge on any atom is 0.322 e. The van der Waals surface area contributed by atoms with Crippen LogP contribution in [0.1, 0.15) is 65.4 Å². The van der Waals surface area contributed by atoms with Crippen molar-refractivity contribution in [2.24, 2.45) is 0 Å². The van der Waals surface area contributed by atoms with Crippen LogP contribution in [-0.4, -0.2) is 55.5 Å². The van der Waals surface area contributed by atoms with Gasteiger partial charge in [-0.15, -0.1) is 0 Å². The topological polar surface area (TPSA) is 115 Å². The van der Waals surface area contributed by atoms with E-state index in [2.05, 4.69) is 16.7 Å². The zero-order valence-electron chi connectivity index (χ0n) is 29.0. The lowest BCUT2D eigenvalue weighted by Crippen LogP contribution is -2.43. The number of fused-ring (bicyclic) bond motifs is 5. The number of ether oxygens (including phenoxy) is 4. The lowest BCUT2D eigenvalue weighted by molar-refractivity contribution is -0.117. The Morgan fingerprint density at radius 3 is 2.20 bits per heavy atom. The maximum atomic E-state index is 14.3. The Kier molecular flexibility index (Phi) is 8.51. The predicted octanol–water partition coefficient (Wildman–Crippen LogP) is 7.50. The van der Waals surface area contributed by atoms with Crippen LogP contribution in [0.15, 0.2) is 72.8 Å². The maximum absolute atomic E-state index is 14.3. The summed E-state index contributed by atoms with van der Waals surface area (Å²) in [4.78, 5) is 42.6. The van der Waals surface area contributed by atoms with Gasteiger partial charge in [-0.05, 0) is 74.4 Å². The van der Waals surface area contributed by atoms with E-state index in [4.69, 9.17) is 18.9 Å². The second-order valence-electron chi connectivity index (χ2n) is 13.7. The molecular weight excluding hydrogens is 634 g/mol. The molecule has 1 spiro atoms. The number of carbonyl (C=O) groups excluding carboxylic acids is 3. The molecule has 1 atom stereocenters. The zero-order chi connectivity index (χ0) is 35.2. The van der Waals surface area contributed by atoms with E-state index in [9.17, 15) is 14.4 Å². The fourth-order valence-corrected chi connectivity index (χ4v) is 7.44. The molecule has 1 fully saturated rings. The van der Waals surface area contributed by atoms with Gasteiger partial charge in [0.2, 0.25) is 17.3 Å². The summed E-state index contributed by atoms with van der Waals surface area (Å²) >= 11 is 0. The minimum absolute atomic E-state index is 0.183. The smallest absolute Gasteiger partial charge is 0.322 e. The molecule has 3 amide bonds. The molecule has 0 bridgehead atoms. The molecule has 0 aliphatic carbocycles. The summed E-state index contributed by atoms with van der Waals surface area (Å²) in [6.45, 7) is 12.6. The van der Waals surface area contributed by atoms with E-state index in [0.29, 0.717) is 78.2 Å². The van der Waals surface area contributed by atoms with Crippen LogP contribution in [0.4, 0.5) is 16.2 Å². The number of anilines is 2. The van der Waals surface area contributed by atoms with E-state index in [1.807, 2.05) is 46.8 Å². The first-order valence-electron chi connectivity index (χ1n) is 17.0. The van der Waals surface area contributed by atoms with E-state index in [1.54, 1.807) is 59.5 Å². The average Bonchev–Trinajstić information content (AvgIpc) is 3.36. The van der Waals surface area contributed by atoms with Crippen molar-refractivity contribution in [1.29, 1.82) is 0 Å². The number of ketones is 1. The number of Topliss-reactive ketones (excluding diaryl/α,β-unsaturated/α-hetero) is 1. The fourth-order valence-electron chi connectivity index (χ4n) is 7.44. The summed E-state index contributed by atoms with van der Waals surface area (Å²) in [5.41, 5.74) is 3.65. The first-order chi connectivity index (χ1) is 24.0. The monoisotopic (exact) mass is 675 g/mol. The molecule has 3 heterocycles. The molecule has 4 aromatic carbocycles. The number of hydrogen-bond donors (Lipinski definition) is 2. The van der Waals surface area contributed by atoms with Crippen molar-refractivity contribution in [3.63, 3.8) is 0 Å². The van der Waals surface area contributed by atoms with Gasteiger partial charge in [0.15, 0.2) is 0 Å². The molecule has 1 saturated heterocycles. The summed E-state index contributed by atoms with van der Waals surface area (Å²) in [6.07, 6.45) is 0.199. The van der Waals surface area contributed by atoms with Crippen molar-refractivity contribution in [3.05, 3.63) is 106 Å². The SMILES string of the molecule is CCOc1cc(C)cc(C)c1C(C)(C)CC(=O)Nc1ccc2c(c1)Oc1cc(NC(=O)N3CCOCC3)ccc1C21Oc2ccccc2C1=O. The number of aryl methyl sites for hydroxylation is 2. The molecule has 258 valence electrons. The summed E-state index contributed by atoms with van der Waals surface area (Å²) in [6, 6.07) is 21.5. The Hall–Kier alpha value is -5.35. The highest BCUT2D eigenvalue weighted by atomic mass is 16.5. The van der Waals surface area contributed by atoms with Gasteiger partial charge < -0.3 is 34.5 Å². The second kappa shape index (κ2) is 12.8. The zero-order valence-corrected chi connectivity index (χ0v) is 29.0. The highest BCUT2D eigenvalue weighted by molar-refractivity contribution is 6.11. The van der Waals surface area contributed by atoms with E-state index >= 15 is 0 Å². The van der Waals surface area contributed by atoms with Crippen molar-refractivity contribution in [2.75, 3.05) is 43.5 Å². The highest BCUT2D eigenvalue weighted by Gasteiger charge is 2.56. The van der Waals surface area contributed by atoms with E-state index < -0.39 is 11.0 Å². The van der Waals surface area contributed by atoms with Gasteiger partial charge in [-0.25, -0.2) is 4.79 Å². The first kappa shape index (κ1) is 33.2. The number of benzene rings is 4. The molecule has 2 N–H and O–H groups in total. The first-order valence-corrected chi connectivity index (χ1v) is 17.0. The molecule has 10 heteroatoms. The van der Waals surface area contributed by atoms with Gasteiger partial charge in [0, 0.05) is 54.0 Å². The number of nitrogens with one attached hydrogen (secondary N) is 2. The van der Waals surface area contributed by atoms with Gasteiger partial charge in [0.05, 0.1) is 36.5 Å². The number of hydrogen-bond acceptors (Lipinski definition) is 7. The van der Waals surface area contributed by atoms with Crippen LogP contribution in [0.5, 0.6) is 23.0 Å². The molecule has 50 heavy (non-hydrogen) atoms. The number of para-hydroxylation sites is 1. The van der Waals surface area contributed by atoms with Crippen molar-refractivity contribution >= 4 is 29.1 Å². The Morgan fingerprint density at radius 2 is 1.54 bits per heavy atom. The molecule has 4 aromatic rings. The van der Waals surface area contributed by atoms with Crippen molar-refractivity contribution < 1.29 is 33.3 Å². The van der Waals surface area contributed by atoms with E-state index in [-0.39, 0.29) is 24.1 Å². The summed E-state index contributed by atoms with van der Waals surface area (Å²) < 4.78 is 24.4. The molecule has 7 rings (SSSR count). The number of rotatable bonds is 7. The molecule has 1 unspecified atom stereocenters. The normalized spacial score (nSPS) is 17.6. The Morgan fingerprint density at radius 1 is 0.880 bits per heavy atom. The van der Waals surface area contributed by atoms with Crippen LogP contribution in [0, 0.1) is 13.8 Å². The van der Waals surface area contributed by atoms with Gasteiger partial charge in [-0.2, -0.15) is 0 Å². The standard InChI is InChI=1S/C40H41N3O7/c1-6-48-34-20-24(2)19-25(3)36(34)39(4,5)23-35(44)41-26-11-13-29-32(21-26)49-33-22-27(42-38(46)43-15-17-47-18-16-43)12-14-30(33)40(29)37(45)28-9-7-8-10-31(28)50-40/h7-14,19-22H,6,15-18,23H2,1-5H3,(H,41,44)(H,42,46). The number of nitrogens with zero attached hydrogens (tertiary/aromatic N) is 1. The predicted molar refractivity (Wildman–Crippen MR) is 190 cm³/mol. The van der Waals surface area contributed by atoms with Gasteiger partial charge in [-0.3, -0.25) is 9.59 Å². The summed E-state index contributed by atoms with van der Waals surface area (Å²) in [7, 11) is 0. The molecule has 3 aliphatic rings. The van der Waals surface area contributed by atoms with Gasteiger partial charge in [-0.1, -0.05) is 32.0 Å². The third-order valence-corrected chi connectivity index (χ3v) is 9.51. The Bertz CT molecular complexity index is 2020. The van der Waals surface area contributed by atoms with Crippen LogP contribution in [-0.2, 0) is 20.5 Å². The van der Waals surface area contributed by atoms with Crippen LogP contribution in [0.25, 0.3) is 0 Å². The molecule has 3 aliphatic heterocycles.